The highest BCUT2D eigenvalue weighted by molar-refractivity contribution is 5.58. The van der Waals surface area contributed by atoms with Crippen LogP contribution in [0.1, 0.15) is 13.8 Å². The average molecular weight is 254 g/mol. The summed E-state index contributed by atoms with van der Waals surface area (Å²) in [5.74, 6) is 0.920. The van der Waals surface area contributed by atoms with Gasteiger partial charge in [-0.15, -0.1) is 0 Å². The molecule has 6 heteroatoms. The smallest absolute Gasteiger partial charge is 0.271 e. The molecule has 0 heterocycles. The second kappa shape index (κ2) is 6.80. The van der Waals surface area contributed by atoms with Crippen molar-refractivity contribution >= 4 is 11.4 Å². The van der Waals surface area contributed by atoms with Crippen LogP contribution >= 0.6 is 0 Å². The van der Waals surface area contributed by atoms with Gasteiger partial charge in [-0.2, -0.15) is 0 Å². The van der Waals surface area contributed by atoms with Crippen LogP contribution in [0, 0.1) is 16.0 Å². The molecular formula is C12H18N2O4. The lowest BCUT2D eigenvalue weighted by atomic mass is 10.2. The summed E-state index contributed by atoms with van der Waals surface area (Å²) in [6, 6.07) is 4.14. The molecular weight excluding hydrogens is 236 g/mol. The van der Waals surface area contributed by atoms with Gasteiger partial charge in [0, 0.05) is 18.7 Å². The predicted octanol–water partition coefficient (Wildman–Crippen LogP) is 2.23. The van der Waals surface area contributed by atoms with Crippen molar-refractivity contribution in [1.29, 1.82) is 0 Å². The number of nitrogens with two attached hydrogens (primary N) is 1. The van der Waals surface area contributed by atoms with E-state index in [9.17, 15) is 10.1 Å². The van der Waals surface area contributed by atoms with Gasteiger partial charge < -0.3 is 15.2 Å². The van der Waals surface area contributed by atoms with Crippen molar-refractivity contribution in [2.24, 2.45) is 5.92 Å². The largest absolute Gasteiger partial charge is 0.489 e. The van der Waals surface area contributed by atoms with Crippen molar-refractivity contribution in [3.05, 3.63) is 28.3 Å². The number of nitro groups is 1. The van der Waals surface area contributed by atoms with Crippen molar-refractivity contribution in [3.8, 4) is 5.75 Å². The summed E-state index contributed by atoms with van der Waals surface area (Å²) in [7, 11) is 0. The summed E-state index contributed by atoms with van der Waals surface area (Å²) < 4.78 is 10.7. The van der Waals surface area contributed by atoms with Crippen molar-refractivity contribution < 1.29 is 14.4 Å². The quantitative estimate of drug-likeness (QED) is 0.349. The van der Waals surface area contributed by atoms with Crippen molar-refractivity contribution in [1.82, 2.24) is 0 Å². The first-order chi connectivity index (χ1) is 8.50. The molecule has 1 rings (SSSR count). The van der Waals surface area contributed by atoms with Gasteiger partial charge in [0.2, 0.25) is 0 Å². The molecule has 0 atom stereocenters. The second-order valence-corrected chi connectivity index (χ2v) is 4.30. The molecule has 6 nitrogen and oxygen atoms in total. The molecule has 0 unspecified atom stereocenters. The summed E-state index contributed by atoms with van der Waals surface area (Å²) in [4.78, 5) is 10.0. The molecule has 18 heavy (non-hydrogen) atoms. The summed E-state index contributed by atoms with van der Waals surface area (Å²) in [6.45, 7) is 5.65. The lowest BCUT2D eigenvalue weighted by molar-refractivity contribution is -0.384. The Labute approximate surface area is 106 Å². The minimum Gasteiger partial charge on any atom is -0.489 e. The van der Waals surface area contributed by atoms with Gasteiger partial charge in [-0.05, 0) is 12.0 Å². The molecule has 0 saturated carbocycles. The first-order valence-electron chi connectivity index (χ1n) is 5.75. The van der Waals surface area contributed by atoms with E-state index in [1.807, 2.05) is 0 Å². The SMILES string of the molecule is CC(C)COCCOc1ccc([N+](=O)[O-])cc1N. The molecule has 100 valence electrons. The third-order valence-electron chi connectivity index (χ3n) is 2.14. The van der Waals surface area contributed by atoms with E-state index in [1.165, 1.54) is 18.2 Å². The van der Waals surface area contributed by atoms with Gasteiger partial charge in [0.15, 0.2) is 0 Å². The van der Waals surface area contributed by atoms with Gasteiger partial charge in [0.05, 0.1) is 17.2 Å². The molecule has 0 radical (unpaired) electrons. The first-order valence-corrected chi connectivity index (χ1v) is 5.75. The molecule has 0 aliphatic carbocycles. The zero-order valence-electron chi connectivity index (χ0n) is 10.6. The molecule has 0 aliphatic rings. The van der Waals surface area contributed by atoms with E-state index in [-0.39, 0.29) is 11.4 Å². The first kappa shape index (κ1) is 14.2. The Morgan fingerprint density at radius 2 is 2.11 bits per heavy atom. The highest BCUT2D eigenvalue weighted by Crippen LogP contribution is 2.26. The van der Waals surface area contributed by atoms with Gasteiger partial charge in [-0.3, -0.25) is 10.1 Å². The number of benzene rings is 1. The minimum atomic E-state index is -0.494. The maximum absolute atomic E-state index is 10.5. The van der Waals surface area contributed by atoms with Crippen LogP contribution in [0.2, 0.25) is 0 Å². The van der Waals surface area contributed by atoms with Crippen LogP contribution in [0.15, 0.2) is 18.2 Å². The second-order valence-electron chi connectivity index (χ2n) is 4.30. The fraction of sp³-hybridized carbons (Fsp3) is 0.500. The Bertz CT molecular complexity index is 407. The van der Waals surface area contributed by atoms with Gasteiger partial charge >= 0.3 is 0 Å². The molecule has 0 aliphatic heterocycles. The molecule has 0 spiro atoms. The molecule has 2 N–H and O–H groups in total. The van der Waals surface area contributed by atoms with Gasteiger partial charge in [-0.25, -0.2) is 0 Å². The molecule has 1 aromatic carbocycles. The number of non-ortho nitro benzene ring substituents is 1. The summed E-state index contributed by atoms with van der Waals surface area (Å²) in [5.41, 5.74) is 5.86. The van der Waals surface area contributed by atoms with Crippen LogP contribution in [0.5, 0.6) is 5.75 Å². The van der Waals surface area contributed by atoms with Crippen LogP contribution in [0.25, 0.3) is 0 Å². The molecule has 0 saturated heterocycles. The minimum absolute atomic E-state index is 0.0455. The number of ether oxygens (including phenoxy) is 2. The van der Waals surface area contributed by atoms with Crippen LogP contribution in [-0.4, -0.2) is 24.7 Å². The molecule has 1 aromatic rings. The number of nitrogen functional groups attached to an aromatic ring is 1. The molecule has 0 fully saturated rings. The Morgan fingerprint density at radius 3 is 2.67 bits per heavy atom. The van der Waals surface area contributed by atoms with E-state index in [1.54, 1.807) is 0 Å². The van der Waals surface area contributed by atoms with E-state index < -0.39 is 4.92 Å². The summed E-state index contributed by atoms with van der Waals surface area (Å²) in [5, 5.41) is 10.5. The maximum atomic E-state index is 10.5. The fourth-order valence-electron chi connectivity index (χ4n) is 1.31. The van der Waals surface area contributed by atoms with E-state index in [0.29, 0.717) is 31.5 Å². The zero-order valence-corrected chi connectivity index (χ0v) is 10.6. The van der Waals surface area contributed by atoms with Crippen LogP contribution in [0.3, 0.4) is 0 Å². The number of nitro benzene ring substituents is 1. The summed E-state index contributed by atoms with van der Waals surface area (Å²) in [6.07, 6.45) is 0. The van der Waals surface area contributed by atoms with E-state index in [4.69, 9.17) is 15.2 Å². The Hall–Kier alpha value is -1.82. The highest BCUT2D eigenvalue weighted by atomic mass is 16.6. The van der Waals surface area contributed by atoms with E-state index >= 15 is 0 Å². The monoisotopic (exact) mass is 254 g/mol. The Kier molecular flexibility index (Phi) is 5.38. The van der Waals surface area contributed by atoms with Crippen LogP contribution in [-0.2, 0) is 4.74 Å². The topological polar surface area (TPSA) is 87.6 Å². The van der Waals surface area contributed by atoms with E-state index in [0.717, 1.165) is 0 Å². The van der Waals surface area contributed by atoms with Crippen LogP contribution in [0.4, 0.5) is 11.4 Å². The van der Waals surface area contributed by atoms with Crippen molar-refractivity contribution in [3.63, 3.8) is 0 Å². The van der Waals surface area contributed by atoms with Crippen molar-refractivity contribution in [2.75, 3.05) is 25.6 Å². The number of nitrogens with zero attached hydrogens (tertiary/aromatic N) is 1. The summed E-state index contributed by atoms with van der Waals surface area (Å²) >= 11 is 0. The molecule has 0 amide bonds. The lowest BCUT2D eigenvalue weighted by Crippen LogP contribution is -2.10. The fourth-order valence-corrected chi connectivity index (χ4v) is 1.31. The maximum Gasteiger partial charge on any atom is 0.271 e. The van der Waals surface area contributed by atoms with Crippen LogP contribution < -0.4 is 10.5 Å². The Balaban J connectivity index is 2.41. The number of hydrogen-bond acceptors (Lipinski definition) is 5. The molecule has 0 aromatic heterocycles. The van der Waals surface area contributed by atoms with Gasteiger partial charge in [0.1, 0.15) is 12.4 Å². The average Bonchev–Trinajstić information content (AvgIpc) is 2.29. The third-order valence-corrected chi connectivity index (χ3v) is 2.14. The molecule has 0 bridgehead atoms. The highest BCUT2D eigenvalue weighted by Gasteiger charge is 2.09. The lowest BCUT2D eigenvalue weighted by Gasteiger charge is -2.10. The normalized spacial score (nSPS) is 10.6. The number of rotatable bonds is 7. The van der Waals surface area contributed by atoms with Gasteiger partial charge in [-0.1, -0.05) is 13.8 Å². The van der Waals surface area contributed by atoms with Crippen molar-refractivity contribution in [2.45, 2.75) is 13.8 Å². The number of anilines is 1. The number of hydrogen-bond donors (Lipinski definition) is 1. The zero-order chi connectivity index (χ0) is 13.5. The van der Waals surface area contributed by atoms with Gasteiger partial charge in [0.25, 0.3) is 5.69 Å². The standard InChI is InChI=1S/C12H18N2O4/c1-9(2)8-17-5-6-18-12-4-3-10(14(15)16)7-11(12)13/h3-4,7,9H,5-6,8,13H2,1-2H3. The Morgan fingerprint density at radius 1 is 1.39 bits per heavy atom. The predicted molar refractivity (Wildman–Crippen MR) is 68.7 cm³/mol. The van der Waals surface area contributed by atoms with E-state index in [2.05, 4.69) is 13.8 Å². The third kappa shape index (κ3) is 4.58.